The number of anilines is 1. The smallest absolute Gasteiger partial charge is 0.399 e. The Morgan fingerprint density at radius 2 is 1.81 bits per heavy atom. The topological polar surface area (TPSA) is 74.5 Å². The molecule has 3 rings (SSSR count). The summed E-state index contributed by atoms with van der Waals surface area (Å²) in [6, 6.07) is 6.69. The van der Waals surface area contributed by atoms with Crippen molar-refractivity contribution in [3.8, 4) is 17.1 Å². The molecule has 0 fully saturated rings. The molecule has 0 bridgehead atoms. The van der Waals surface area contributed by atoms with Gasteiger partial charge in [0.15, 0.2) is 5.82 Å². The first-order valence-electron chi connectivity index (χ1n) is 7.60. The van der Waals surface area contributed by atoms with Gasteiger partial charge in [0.25, 0.3) is 0 Å². The molecule has 3 aromatic rings. The molecular formula is C16H16F4N6. The molecule has 0 spiro atoms. The number of benzene rings is 1. The number of aryl methyl sites for hydroxylation is 1. The highest BCUT2D eigenvalue weighted by Crippen LogP contribution is 2.41. The maximum atomic E-state index is 14.3. The minimum absolute atomic E-state index is 0.327. The molecule has 138 valence electrons. The molecule has 0 saturated carbocycles. The number of halogens is 4. The Balaban J connectivity index is 2.18. The number of nitrogens with zero attached hydrogens (tertiary/aromatic N) is 5. The quantitative estimate of drug-likeness (QED) is 0.567. The first-order chi connectivity index (χ1) is 12.0. The van der Waals surface area contributed by atoms with Crippen LogP contribution in [0.1, 0.15) is 25.1 Å². The predicted molar refractivity (Wildman–Crippen MR) is 87.1 cm³/mol. The minimum atomic E-state index is -4.81. The van der Waals surface area contributed by atoms with E-state index in [0.29, 0.717) is 16.9 Å². The van der Waals surface area contributed by atoms with Crippen LogP contribution in [0.25, 0.3) is 17.1 Å². The van der Waals surface area contributed by atoms with E-state index in [-0.39, 0.29) is 0 Å². The van der Waals surface area contributed by atoms with Crippen molar-refractivity contribution in [2.45, 2.75) is 25.7 Å². The number of hydrogen-bond donors (Lipinski definition) is 1. The summed E-state index contributed by atoms with van der Waals surface area (Å²) < 4.78 is 57.0. The third-order valence-electron chi connectivity index (χ3n) is 3.76. The second-order valence-electron chi connectivity index (χ2n) is 6.31. The van der Waals surface area contributed by atoms with Crippen molar-refractivity contribution >= 4 is 5.69 Å². The molecule has 0 aliphatic carbocycles. The van der Waals surface area contributed by atoms with Crippen LogP contribution >= 0.6 is 0 Å². The van der Waals surface area contributed by atoms with Gasteiger partial charge in [-0.15, -0.1) is 5.10 Å². The first kappa shape index (κ1) is 17.9. The average Bonchev–Trinajstić information content (AvgIpc) is 3.10. The molecule has 1 aromatic carbocycles. The van der Waals surface area contributed by atoms with E-state index >= 15 is 0 Å². The van der Waals surface area contributed by atoms with Crippen molar-refractivity contribution in [3.05, 3.63) is 41.7 Å². The van der Waals surface area contributed by atoms with E-state index in [1.54, 1.807) is 24.3 Å². The molecule has 0 aliphatic heterocycles. The van der Waals surface area contributed by atoms with Crippen molar-refractivity contribution in [1.82, 2.24) is 24.8 Å². The van der Waals surface area contributed by atoms with Crippen molar-refractivity contribution < 1.29 is 17.6 Å². The molecule has 26 heavy (non-hydrogen) atoms. The Morgan fingerprint density at radius 3 is 2.38 bits per heavy atom. The second-order valence-corrected chi connectivity index (χ2v) is 6.31. The summed E-state index contributed by atoms with van der Waals surface area (Å²) in [7, 11) is 1.29. The highest BCUT2D eigenvalue weighted by Gasteiger charge is 2.45. The summed E-state index contributed by atoms with van der Waals surface area (Å²) >= 11 is 0. The Labute approximate surface area is 146 Å². The molecule has 10 heteroatoms. The molecular weight excluding hydrogens is 352 g/mol. The molecule has 6 nitrogen and oxygen atoms in total. The Kier molecular flexibility index (Phi) is 4.01. The van der Waals surface area contributed by atoms with Gasteiger partial charge in [0.2, 0.25) is 0 Å². The fourth-order valence-electron chi connectivity index (χ4n) is 2.65. The SMILES string of the molecule is Cn1nc(C(C)(C)F)c(C(F)(F)F)c1-n1cc(-c2cccc(N)c2)nn1. The van der Waals surface area contributed by atoms with Crippen LogP contribution in [-0.4, -0.2) is 24.8 Å². The van der Waals surface area contributed by atoms with Crippen molar-refractivity contribution in [2.24, 2.45) is 7.05 Å². The highest BCUT2D eigenvalue weighted by atomic mass is 19.4. The van der Waals surface area contributed by atoms with Crippen LogP contribution in [0.15, 0.2) is 30.5 Å². The number of aromatic nitrogens is 5. The van der Waals surface area contributed by atoms with Gasteiger partial charge in [0.1, 0.15) is 22.6 Å². The largest absolute Gasteiger partial charge is 0.421 e. The highest BCUT2D eigenvalue weighted by molar-refractivity contribution is 5.63. The lowest BCUT2D eigenvalue weighted by Gasteiger charge is -2.15. The van der Waals surface area contributed by atoms with E-state index in [4.69, 9.17) is 5.73 Å². The zero-order valence-electron chi connectivity index (χ0n) is 14.2. The van der Waals surface area contributed by atoms with Crippen LogP contribution < -0.4 is 5.73 Å². The van der Waals surface area contributed by atoms with Gasteiger partial charge in [-0.05, 0) is 26.0 Å². The Hall–Kier alpha value is -2.91. The van der Waals surface area contributed by atoms with E-state index in [9.17, 15) is 17.6 Å². The monoisotopic (exact) mass is 368 g/mol. The van der Waals surface area contributed by atoms with E-state index in [2.05, 4.69) is 15.4 Å². The lowest BCUT2D eigenvalue weighted by atomic mass is 10.0. The molecule has 0 aliphatic rings. The van der Waals surface area contributed by atoms with Crippen LogP contribution in [0, 0.1) is 0 Å². The molecule has 0 amide bonds. The predicted octanol–water partition coefficient (Wildman–Crippen LogP) is 3.47. The van der Waals surface area contributed by atoms with E-state index < -0.39 is 28.9 Å². The van der Waals surface area contributed by atoms with E-state index in [1.165, 1.54) is 13.2 Å². The molecule has 2 aromatic heterocycles. The zero-order chi connectivity index (χ0) is 19.3. The molecule has 0 atom stereocenters. The molecule has 2 heterocycles. The standard InChI is InChI=1S/C16H16F4N6/c1-15(2,17)13-12(16(18,19)20)14(25(3)23-13)26-8-11(22-24-26)9-5-4-6-10(21)7-9/h4-8H,21H2,1-3H3. The minimum Gasteiger partial charge on any atom is -0.399 e. The van der Waals surface area contributed by atoms with Crippen LogP contribution in [0.4, 0.5) is 23.2 Å². The maximum Gasteiger partial charge on any atom is 0.421 e. The van der Waals surface area contributed by atoms with E-state index in [1.807, 2.05) is 0 Å². The summed E-state index contributed by atoms with van der Waals surface area (Å²) in [5, 5.41) is 11.4. The molecule has 2 N–H and O–H groups in total. The fourth-order valence-corrected chi connectivity index (χ4v) is 2.65. The van der Waals surface area contributed by atoms with E-state index in [0.717, 1.165) is 23.2 Å². The van der Waals surface area contributed by atoms with Crippen LogP contribution in [0.2, 0.25) is 0 Å². The number of alkyl halides is 4. The molecule has 0 saturated heterocycles. The zero-order valence-corrected chi connectivity index (χ0v) is 14.2. The fraction of sp³-hybridized carbons (Fsp3) is 0.312. The normalized spacial score (nSPS) is 12.6. The van der Waals surface area contributed by atoms with Gasteiger partial charge < -0.3 is 5.73 Å². The number of nitrogen functional groups attached to an aromatic ring is 1. The Bertz CT molecular complexity index is 949. The third kappa shape index (κ3) is 3.14. The number of hydrogen-bond acceptors (Lipinski definition) is 4. The first-order valence-corrected chi connectivity index (χ1v) is 7.60. The van der Waals surface area contributed by atoms with Crippen LogP contribution in [0.3, 0.4) is 0 Å². The van der Waals surface area contributed by atoms with Gasteiger partial charge >= 0.3 is 6.18 Å². The van der Waals surface area contributed by atoms with Crippen molar-refractivity contribution in [1.29, 1.82) is 0 Å². The lowest BCUT2D eigenvalue weighted by Crippen LogP contribution is -2.19. The number of nitrogens with two attached hydrogens (primary N) is 1. The van der Waals surface area contributed by atoms with Crippen molar-refractivity contribution in [2.75, 3.05) is 5.73 Å². The van der Waals surface area contributed by atoms with Gasteiger partial charge in [0.05, 0.1) is 6.20 Å². The van der Waals surface area contributed by atoms with Gasteiger partial charge in [-0.25, -0.2) is 13.8 Å². The lowest BCUT2D eigenvalue weighted by molar-refractivity contribution is -0.139. The summed E-state index contributed by atoms with van der Waals surface area (Å²) in [6.07, 6.45) is -3.50. The van der Waals surface area contributed by atoms with Gasteiger partial charge in [-0.3, -0.25) is 0 Å². The van der Waals surface area contributed by atoms with Gasteiger partial charge in [-0.1, -0.05) is 17.3 Å². The maximum absolute atomic E-state index is 14.3. The summed E-state index contributed by atoms with van der Waals surface area (Å²) in [5.41, 5.74) is 2.95. The summed E-state index contributed by atoms with van der Waals surface area (Å²) in [4.78, 5) is 0. The van der Waals surface area contributed by atoms with Gasteiger partial charge in [-0.2, -0.15) is 18.3 Å². The van der Waals surface area contributed by atoms with Crippen molar-refractivity contribution in [3.63, 3.8) is 0 Å². The summed E-state index contributed by atoms with van der Waals surface area (Å²) in [6.45, 7) is 2.04. The Morgan fingerprint density at radius 1 is 1.12 bits per heavy atom. The van der Waals surface area contributed by atoms with Crippen LogP contribution in [0.5, 0.6) is 0 Å². The average molecular weight is 368 g/mol. The second kappa shape index (κ2) is 5.82. The molecule has 0 radical (unpaired) electrons. The molecule has 0 unspecified atom stereocenters. The summed E-state index contributed by atoms with van der Waals surface area (Å²) in [5.74, 6) is -0.416. The number of rotatable bonds is 3. The van der Waals surface area contributed by atoms with Crippen LogP contribution in [-0.2, 0) is 18.9 Å². The van der Waals surface area contributed by atoms with Gasteiger partial charge in [0, 0.05) is 18.3 Å². The third-order valence-corrected chi connectivity index (χ3v) is 3.76.